The van der Waals surface area contributed by atoms with E-state index in [1.165, 1.54) is 13.0 Å². The van der Waals surface area contributed by atoms with Gasteiger partial charge < -0.3 is 5.32 Å². The molecule has 0 aliphatic rings. The maximum atomic E-state index is 13.6. The van der Waals surface area contributed by atoms with Crippen molar-refractivity contribution < 1.29 is 14.0 Å². The Hall–Kier alpha value is -2.01. The minimum Gasteiger partial charge on any atom is -0.326 e. The summed E-state index contributed by atoms with van der Waals surface area (Å²) in [6.07, 6.45) is -0.0558. The van der Waals surface area contributed by atoms with E-state index in [-0.39, 0.29) is 18.1 Å². The van der Waals surface area contributed by atoms with Gasteiger partial charge >= 0.3 is 0 Å². The van der Waals surface area contributed by atoms with E-state index in [1.54, 1.807) is 36.4 Å². The van der Waals surface area contributed by atoms with Crippen LogP contribution in [0.2, 0.25) is 0 Å². The molecule has 0 unspecified atom stereocenters. The first kappa shape index (κ1) is 15.4. The van der Waals surface area contributed by atoms with Gasteiger partial charge in [0.1, 0.15) is 5.82 Å². The van der Waals surface area contributed by atoms with E-state index in [1.807, 2.05) is 0 Å². The van der Waals surface area contributed by atoms with Crippen molar-refractivity contribution in [2.24, 2.45) is 0 Å². The Balaban J connectivity index is 2.04. The molecule has 3 nitrogen and oxygen atoms in total. The number of hydrogen-bond donors (Lipinski definition) is 1. The van der Waals surface area contributed by atoms with Gasteiger partial charge in [-0.15, -0.1) is 0 Å². The summed E-state index contributed by atoms with van der Waals surface area (Å²) in [5.41, 5.74) is 1.47. The Morgan fingerprint density at radius 2 is 1.81 bits per heavy atom. The van der Waals surface area contributed by atoms with Gasteiger partial charge in [0.05, 0.1) is 6.42 Å². The molecule has 2 rings (SSSR count). The highest BCUT2D eigenvalue weighted by Gasteiger charge is 2.09. The van der Waals surface area contributed by atoms with Gasteiger partial charge in [0.15, 0.2) is 5.78 Å². The summed E-state index contributed by atoms with van der Waals surface area (Å²) < 4.78 is 14.3. The normalized spacial score (nSPS) is 10.2. The minimum absolute atomic E-state index is 0.0379. The van der Waals surface area contributed by atoms with Gasteiger partial charge in [-0.05, 0) is 55.0 Å². The van der Waals surface area contributed by atoms with Crippen molar-refractivity contribution in [2.45, 2.75) is 13.3 Å². The van der Waals surface area contributed by atoms with E-state index in [9.17, 15) is 14.0 Å². The van der Waals surface area contributed by atoms with Crippen molar-refractivity contribution in [3.63, 3.8) is 0 Å². The number of anilines is 1. The number of benzene rings is 2. The number of Topliss-reactive ketones (excluding diaryl/α,β-unsaturated/α-hetero) is 1. The third-order valence-corrected chi connectivity index (χ3v) is 3.43. The molecule has 2 aromatic rings. The molecule has 0 saturated heterocycles. The highest BCUT2D eigenvalue weighted by molar-refractivity contribution is 9.10. The summed E-state index contributed by atoms with van der Waals surface area (Å²) in [6.45, 7) is 1.48. The van der Waals surface area contributed by atoms with E-state index in [4.69, 9.17) is 0 Å². The molecule has 1 amide bonds. The van der Waals surface area contributed by atoms with Gasteiger partial charge in [-0.1, -0.05) is 15.9 Å². The summed E-state index contributed by atoms with van der Waals surface area (Å²) in [5.74, 6) is -0.771. The Kier molecular flexibility index (Phi) is 4.85. The molecule has 108 valence electrons. The largest absolute Gasteiger partial charge is 0.326 e. The second-order valence-electron chi connectivity index (χ2n) is 4.59. The van der Waals surface area contributed by atoms with E-state index in [0.717, 1.165) is 4.47 Å². The summed E-state index contributed by atoms with van der Waals surface area (Å²) in [5, 5.41) is 2.67. The zero-order valence-corrected chi connectivity index (χ0v) is 12.9. The van der Waals surface area contributed by atoms with Gasteiger partial charge in [-0.25, -0.2) is 4.39 Å². The van der Waals surface area contributed by atoms with Crippen molar-refractivity contribution >= 4 is 33.3 Å². The predicted molar refractivity (Wildman–Crippen MR) is 82.9 cm³/mol. The van der Waals surface area contributed by atoms with E-state index in [2.05, 4.69) is 21.2 Å². The van der Waals surface area contributed by atoms with Crippen molar-refractivity contribution in [3.8, 4) is 0 Å². The van der Waals surface area contributed by atoms with Crippen LogP contribution < -0.4 is 5.32 Å². The van der Waals surface area contributed by atoms with Crippen LogP contribution in [0.25, 0.3) is 0 Å². The molecule has 0 spiro atoms. The molecule has 0 saturated carbocycles. The molecule has 5 heteroatoms. The molecule has 0 heterocycles. The Bertz CT molecular complexity index is 683. The fourth-order valence-electron chi connectivity index (χ4n) is 1.85. The zero-order chi connectivity index (χ0) is 15.4. The van der Waals surface area contributed by atoms with Crippen molar-refractivity contribution in [1.29, 1.82) is 0 Å². The quantitative estimate of drug-likeness (QED) is 0.848. The average molecular weight is 350 g/mol. The fourth-order valence-corrected chi connectivity index (χ4v) is 2.25. The Labute approximate surface area is 130 Å². The number of halogens is 2. The van der Waals surface area contributed by atoms with E-state index >= 15 is 0 Å². The number of carbonyl (C=O) groups excluding carboxylic acids is 2. The first-order chi connectivity index (χ1) is 9.95. The SMILES string of the molecule is CC(=O)c1ccc(NC(=O)Cc2cc(Br)ccc2F)cc1. The summed E-state index contributed by atoms with van der Waals surface area (Å²) in [4.78, 5) is 23.1. The zero-order valence-electron chi connectivity index (χ0n) is 11.3. The highest BCUT2D eigenvalue weighted by Crippen LogP contribution is 2.17. The van der Waals surface area contributed by atoms with Gasteiger partial charge in [-0.3, -0.25) is 9.59 Å². The van der Waals surface area contributed by atoms with Crippen LogP contribution in [-0.4, -0.2) is 11.7 Å². The molecule has 0 aliphatic carbocycles. The van der Waals surface area contributed by atoms with Gasteiger partial charge in [-0.2, -0.15) is 0 Å². The number of ketones is 1. The summed E-state index contributed by atoms with van der Waals surface area (Å²) >= 11 is 3.24. The smallest absolute Gasteiger partial charge is 0.228 e. The average Bonchev–Trinajstić information content (AvgIpc) is 2.43. The van der Waals surface area contributed by atoms with E-state index in [0.29, 0.717) is 16.8 Å². The first-order valence-electron chi connectivity index (χ1n) is 6.30. The van der Waals surface area contributed by atoms with Crippen LogP contribution in [0.3, 0.4) is 0 Å². The Morgan fingerprint density at radius 1 is 1.14 bits per heavy atom. The molecule has 0 atom stereocenters. The van der Waals surface area contributed by atoms with Crippen LogP contribution in [0.4, 0.5) is 10.1 Å². The molecule has 0 aliphatic heterocycles. The maximum Gasteiger partial charge on any atom is 0.228 e. The van der Waals surface area contributed by atoms with Gasteiger partial charge in [0.2, 0.25) is 5.91 Å². The van der Waals surface area contributed by atoms with Gasteiger partial charge in [0, 0.05) is 15.7 Å². The number of carbonyl (C=O) groups is 2. The standard InChI is InChI=1S/C16H13BrFNO2/c1-10(20)11-2-5-14(6-3-11)19-16(21)9-12-8-13(17)4-7-15(12)18/h2-8H,9H2,1H3,(H,19,21). The lowest BCUT2D eigenvalue weighted by molar-refractivity contribution is -0.115. The number of nitrogens with one attached hydrogen (secondary N) is 1. The lowest BCUT2D eigenvalue weighted by Gasteiger charge is -2.07. The maximum absolute atomic E-state index is 13.6. The van der Waals surface area contributed by atoms with E-state index < -0.39 is 5.82 Å². The lowest BCUT2D eigenvalue weighted by Crippen LogP contribution is -2.15. The molecular formula is C16H13BrFNO2. The predicted octanol–water partition coefficient (Wildman–Crippen LogP) is 3.97. The fraction of sp³-hybridized carbons (Fsp3) is 0.125. The summed E-state index contributed by atoms with van der Waals surface area (Å²) in [6, 6.07) is 11.0. The molecule has 0 bridgehead atoms. The molecule has 0 fully saturated rings. The summed E-state index contributed by atoms with van der Waals surface area (Å²) in [7, 11) is 0. The molecule has 1 N–H and O–H groups in total. The topological polar surface area (TPSA) is 46.2 Å². The van der Waals surface area contributed by atoms with Crippen LogP contribution in [-0.2, 0) is 11.2 Å². The number of rotatable bonds is 4. The molecule has 2 aromatic carbocycles. The second kappa shape index (κ2) is 6.63. The molecule has 0 aromatic heterocycles. The Morgan fingerprint density at radius 3 is 2.43 bits per heavy atom. The third-order valence-electron chi connectivity index (χ3n) is 2.93. The number of amides is 1. The second-order valence-corrected chi connectivity index (χ2v) is 5.51. The monoisotopic (exact) mass is 349 g/mol. The third kappa shape index (κ3) is 4.23. The van der Waals surface area contributed by atoms with Crippen LogP contribution in [0, 0.1) is 5.82 Å². The van der Waals surface area contributed by atoms with Crippen molar-refractivity contribution in [1.82, 2.24) is 0 Å². The molecule has 21 heavy (non-hydrogen) atoms. The number of hydrogen-bond acceptors (Lipinski definition) is 2. The van der Waals surface area contributed by atoms with Crippen LogP contribution in [0.1, 0.15) is 22.8 Å². The highest BCUT2D eigenvalue weighted by atomic mass is 79.9. The molecular weight excluding hydrogens is 337 g/mol. The van der Waals surface area contributed by atoms with Crippen molar-refractivity contribution in [2.75, 3.05) is 5.32 Å². The van der Waals surface area contributed by atoms with Gasteiger partial charge in [0.25, 0.3) is 0 Å². The van der Waals surface area contributed by atoms with Crippen molar-refractivity contribution in [3.05, 3.63) is 63.9 Å². The minimum atomic E-state index is -0.416. The van der Waals surface area contributed by atoms with Crippen LogP contribution in [0.15, 0.2) is 46.9 Å². The molecule has 0 radical (unpaired) electrons. The lowest BCUT2D eigenvalue weighted by atomic mass is 10.1. The first-order valence-corrected chi connectivity index (χ1v) is 7.10. The van der Waals surface area contributed by atoms with Crippen LogP contribution >= 0.6 is 15.9 Å². The van der Waals surface area contributed by atoms with Crippen LogP contribution in [0.5, 0.6) is 0 Å².